The minimum Gasteiger partial charge on any atom is -0.394 e. The first-order valence-electron chi connectivity index (χ1n) is 6.28. The van der Waals surface area contributed by atoms with Crippen LogP contribution < -0.4 is 5.32 Å². The number of hydrogen-bond acceptors (Lipinski definition) is 4. The molecule has 0 radical (unpaired) electrons. The second-order valence-corrected chi connectivity index (χ2v) is 5.75. The number of aliphatic hydroxyl groups is 2. The topological polar surface area (TPSA) is 52.5 Å². The third-order valence-electron chi connectivity index (χ3n) is 3.28. The van der Waals surface area contributed by atoms with Crippen molar-refractivity contribution in [3.05, 3.63) is 58.3 Å². The van der Waals surface area contributed by atoms with Crippen LogP contribution in [0.15, 0.2) is 47.8 Å². The lowest BCUT2D eigenvalue weighted by atomic mass is 9.92. The van der Waals surface area contributed by atoms with E-state index in [1.165, 1.54) is 11.3 Å². The van der Waals surface area contributed by atoms with E-state index in [4.69, 9.17) is 0 Å². The second-order valence-electron chi connectivity index (χ2n) is 4.77. The van der Waals surface area contributed by atoms with Gasteiger partial charge in [-0.05, 0) is 23.9 Å². The highest BCUT2D eigenvalue weighted by molar-refractivity contribution is 7.10. The summed E-state index contributed by atoms with van der Waals surface area (Å²) in [5.74, 6) is 0. The van der Waals surface area contributed by atoms with Gasteiger partial charge in [-0.1, -0.05) is 36.4 Å². The van der Waals surface area contributed by atoms with Gasteiger partial charge >= 0.3 is 0 Å². The van der Waals surface area contributed by atoms with E-state index in [0.717, 1.165) is 10.4 Å². The van der Waals surface area contributed by atoms with Crippen LogP contribution in [0.1, 0.15) is 23.5 Å². The van der Waals surface area contributed by atoms with E-state index in [9.17, 15) is 10.2 Å². The Morgan fingerprint density at radius 2 is 1.95 bits per heavy atom. The van der Waals surface area contributed by atoms with Gasteiger partial charge in [0.2, 0.25) is 0 Å². The smallest absolute Gasteiger partial charge is 0.101 e. The summed E-state index contributed by atoms with van der Waals surface area (Å²) in [6, 6.07) is 13.6. The molecule has 0 aliphatic rings. The minimum atomic E-state index is -0.547. The van der Waals surface area contributed by atoms with Gasteiger partial charge in [0.15, 0.2) is 0 Å². The maximum absolute atomic E-state index is 10.1. The number of nitrogens with one attached hydrogen (secondary N) is 1. The molecule has 0 spiro atoms. The monoisotopic (exact) mass is 277 g/mol. The molecular weight excluding hydrogens is 258 g/mol. The summed E-state index contributed by atoms with van der Waals surface area (Å²) in [4.78, 5) is 0.931. The maximum Gasteiger partial charge on any atom is 0.101 e. The lowest BCUT2D eigenvalue weighted by Gasteiger charge is -2.30. The van der Waals surface area contributed by atoms with Gasteiger partial charge in [-0.15, -0.1) is 11.3 Å². The number of rotatable bonds is 6. The Labute approximate surface area is 117 Å². The fourth-order valence-electron chi connectivity index (χ4n) is 1.96. The molecule has 0 fully saturated rings. The van der Waals surface area contributed by atoms with Crippen LogP contribution in [0.5, 0.6) is 0 Å². The van der Waals surface area contributed by atoms with Crippen LogP contribution in [0, 0.1) is 0 Å². The van der Waals surface area contributed by atoms with Gasteiger partial charge in [-0.2, -0.15) is 0 Å². The standard InChI is InChI=1S/C15H19NO2S/c1-15(11-17,12-6-3-2-4-7-12)16-10-13(18)14-8-5-9-19-14/h2-9,13,16-18H,10-11H2,1H3. The van der Waals surface area contributed by atoms with E-state index < -0.39 is 11.6 Å². The first-order valence-corrected chi connectivity index (χ1v) is 7.16. The summed E-state index contributed by atoms with van der Waals surface area (Å²) in [5.41, 5.74) is 0.468. The van der Waals surface area contributed by atoms with Crippen molar-refractivity contribution < 1.29 is 10.2 Å². The molecule has 1 heterocycles. The van der Waals surface area contributed by atoms with E-state index in [1.807, 2.05) is 54.8 Å². The Balaban J connectivity index is 2.03. The molecule has 0 bridgehead atoms. The summed E-state index contributed by atoms with van der Waals surface area (Å²) in [6.45, 7) is 2.32. The van der Waals surface area contributed by atoms with Crippen molar-refractivity contribution >= 4 is 11.3 Å². The summed E-state index contributed by atoms with van der Waals surface area (Å²) in [7, 11) is 0. The normalized spacial score (nSPS) is 15.9. The molecule has 102 valence electrons. The van der Waals surface area contributed by atoms with Crippen molar-refractivity contribution in [3.63, 3.8) is 0 Å². The van der Waals surface area contributed by atoms with Gasteiger partial charge in [-0.25, -0.2) is 0 Å². The van der Waals surface area contributed by atoms with Crippen LogP contribution >= 0.6 is 11.3 Å². The van der Waals surface area contributed by atoms with Gasteiger partial charge in [0.1, 0.15) is 6.10 Å². The molecule has 4 heteroatoms. The zero-order valence-electron chi connectivity index (χ0n) is 10.9. The van der Waals surface area contributed by atoms with Gasteiger partial charge in [0.05, 0.1) is 12.1 Å². The zero-order valence-corrected chi connectivity index (χ0v) is 11.7. The van der Waals surface area contributed by atoms with Gasteiger partial charge < -0.3 is 15.5 Å². The third kappa shape index (κ3) is 3.42. The van der Waals surface area contributed by atoms with Crippen LogP contribution in [0.25, 0.3) is 0 Å². The molecule has 3 nitrogen and oxygen atoms in total. The molecule has 2 aromatic rings. The van der Waals surface area contributed by atoms with E-state index in [1.54, 1.807) is 0 Å². The molecule has 2 atom stereocenters. The van der Waals surface area contributed by atoms with Crippen molar-refractivity contribution in [1.29, 1.82) is 0 Å². The number of thiophene rings is 1. The molecule has 2 unspecified atom stereocenters. The van der Waals surface area contributed by atoms with Gasteiger partial charge in [0.25, 0.3) is 0 Å². The SMILES string of the molecule is CC(CO)(NCC(O)c1cccs1)c1ccccc1. The van der Waals surface area contributed by atoms with Gasteiger partial charge in [-0.3, -0.25) is 0 Å². The highest BCUT2D eigenvalue weighted by Gasteiger charge is 2.26. The van der Waals surface area contributed by atoms with Crippen LogP contribution in [0.3, 0.4) is 0 Å². The predicted octanol–water partition coefficient (Wildman–Crippen LogP) is 2.28. The number of aliphatic hydroxyl groups excluding tert-OH is 2. The molecule has 1 aromatic heterocycles. The minimum absolute atomic E-state index is 0.0197. The fourth-order valence-corrected chi connectivity index (χ4v) is 2.67. The largest absolute Gasteiger partial charge is 0.394 e. The van der Waals surface area contributed by atoms with Crippen LogP contribution in [0.4, 0.5) is 0 Å². The molecule has 0 amide bonds. The second kappa shape index (κ2) is 6.30. The van der Waals surface area contributed by atoms with Crippen molar-refractivity contribution in [3.8, 4) is 0 Å². The van der Waals surface area contributed by atoms with Crippen LogP contribution in [-0.4, -0.2) is 23.4 Å². The summed E-state index contributed by atoms with van der Waals surface area (Å²) in [5, 5.41) is 24.9. The van der Waals surface area contributed by atoms with Crippen molar-refractivity contribution in [2.45, 2.75) is 18.6 Å². The lowest BCUT2D eigenvalue weighted by Crippen LogP contribution is -2.44. The Morgan fingerprint density at radius 3 is 2.53 bits per heavy atom. The lowest BCUT2D eigenvalue weighted by molar-refractivity contribution is 0.130. The molecule has 0 saturated heterocycles. The van der Waals surface area contributed by atoms with Crippen molar-refractivity contribution in [1.82, 2.24) is 5.32 Å². The number of hydrogen-bond donors (Lipinski definition) is 3. The van der Waals surface area contributed by atoms with E-state index in [0.29, 0.717) is 6.54 Å². The van der Waals surface area contributed by atoms with Crippen LogP contribution in [0.2, 0.25) is 0 Å². The highest BCUT2D eigenvalue weighted by Crippen LogP contribution is 2.23. The Bertz CT molecular complexity index is 486. The van der Waals surface area contributed by atoms with E-state index in [-0.39, 0.29) is 6.61 Å². The highest BCUT2D eigenvalue weighted by atomic mass is 32.1. The predicted molar refractivity (Wildman–Crippen MR) is 78.2 cm³/mol. The van der Waals surface area contributed by atoms with E-state index >= 15 is 0 Å². The summed E-state index contributed by atoms with van der Waals surface area (Å²) < 4.78 is 0. The Kier molecular flexibility index (Phi) is 4.71. The van der Waals surface area contributed by atoms with Gasteiger partial charge in [0, 0.05) is 11.4 Å². The first kappa shape index (κ1) is 14.2. The Hall–Kier alpha value is -1.20. The molecule has 3 N–H and O–H groups in total. The molecule has 1 aromatic carbocycles. The zero-order chi connectivity index (χ0) is 13.7. The quantitative estimate of drug-likeness (QED) is 0.759. The average Bonchev–Trinajstić information content (AvgIpc) is 2.99. The molecule has 0 saturated carbocycles. The average molecular weight is 277 g/mol. The first-order chi connectivity index (χ1) is 9.15. The molecule has 0 aliphatic heterocycles. The molecule has 0 aliphatic carbocycles. The summed E-state index contributed by atoms with van der Waals surface area (Å²) in [6.07, 6.45) is -0.547. The number of benzene rings is 1. The fraction of sp³-hybridized carbons (Fsp3) is 0.333. The van der Waals surface area contributed by atoms with Crippen molar-refractivity contribution in [2.24, 2.45) is 0 Å². The van der Waals surface area contributed by atoms with E-state index in [2.05, 4.69) is 5.32 Å². The molecule has 2 rings (SSSR count). The third-order valence-corrected chi connectivity index (χ3v) is 4.26. The molecular formula is C15H19NO2S. The molecule has 19 heavy (non-hydrogen) atoms. The summed E-state index contributed by atoms with van der Waals surface area (Å²) >= 11 is 1.53. The van der Waals surface area contributed by atoms with Crippen LogP contribution in [-0.2, 0) is 5.54 Å². The maximum atomic E-state index is 10.1. The van der Waals surface area contributed by atoms with Crippen molar-refractivity contribution in [2.75, 3.05) is 13.2 Å². The Morgan fingerprint density at radius 1 is 1.21 bits per heavy atom.